The molecule has 0 amide bonds. The summed E-state index contributed by atoms with van der Waals surface area (Å²) >= 11 is 0. The van der Waals surface area contributed by atoms with Crippen molar-refractivity contribution in [2.45, 2.75) is 26.3 Å². The zero-order valence-corrected chi connectivity index (χ0v) is 12.0. The van der Waals surface area contributed by atoms with Crippen molar-refractivity contribution in [3.05, 3.63) is 46.8 Å². The second-order valence-electron chi connectivity index (χ2n) is 4.83. The lowest BCUT2D eigenvalue weighted by molar-refractivity contribution is 0.405. The molecule has 4 nitrogen and oxygen atoms in total. The van der Waals surface area contributed by atoms with Crippen molar-refractivity contribution >= 4 is 0 Å². The van der Waals surface area contributed by atoms with Crippen LogP contribution in [-0.4, -0.2) is 16.9 Å². The maximum atomic E-state index is 6.33. The molecular weight excluding hydrogens is 238 g/mol. The quantitative estimate of drug-likeness (QED) is 0.916. The van der Waals surface area contributed by atoms with Crippen molar-refractivity contribution in [1.29, 1.82) is 0 Å². The Morgan fingerprint density at radius 3 is 2.58 bits per heavy atom. The Labute approximate surface area is 114 Å². The standard InChI is InChI=1S/C15H21N3O/c1-10-13(11(2)18(3)17-10)9-14(16)12-7-5-6-8-15(12)19-4/h5-8,14H,9,16H2,1-4H3. The normalized spacial score (nSPS) is 12.5. The van der Waals surface area contributed by atoms with E-state index in [9.17, 15) is 0 Å². The summed E-state index contributed by atoms with van der Waals surface area (Å²) in [6.07, 6.45) is 0.770. The van der Waals surface area contributed by atoms with Crippen LogP contribution in [0.2, 0.25) is 0 Å². The fourth-order valence-electron chi connectivity index (χ4n) is 2.42. The number of rotatable bonds is 4. The third kappa shape index (κ3) is 2.63. The van der Waals surface area contributed by atoms with Gasteiger partial charge in [-0.3, -0.25) is 4.68 Å². The van der Waals surface area contributed by atoms with E-state index >= 15 is 0 Å². The summed E-state index contributed by atoms with van der Waals surface area (Å²) < 4.78 is 7.27. The van der Waals surface area contributed by atoms with Crippen LogP contribution in [0.15, 0.2) is 24.3 Å². The molecule has 0 spiro atoms. The highest BCUT2D eigenvalue weighted by molar-refractivity contribution is 5.37. The second-order valence-corrected chi connectivity index (χ2v) is 4.83. The van der Waals surface area contributed by atoms with Gasteiger partial charge >= 0.3 is 0 Å². The predicted molar refractivity (Wildman–Crippen MR) is 76.3 cm³/mol. The van der Waals surface area contributed by atoms with Gasteiger partial charge < -0.3 is 10.5 Å². The first-order chi connectivity index (χ1) is 9.04. The average Bonchev–Trinajstić information content (AvgIpc) is 2.65. The maximum absolute atomic E-state index is 6.33. The first-order valence-electron chi connectivity index (χ1n) is 6.42. The molecule has 102 valence electrons. The molecule has 2 aromatic rings. The molecule has 0 saturated carbocycles. The van der Waals surface area contributed by atoms with Gasteiger partial charge in [-0.25, -0.2) is 0 Å². The summed E-state index contributed by atoms with van der Waals surface area (Å²) in [5, 5.41) is 4.43. The summed E-state index contributed by atoms with van der Waals surface area (Å²) in [7, 11) is 3.63. The largest absolute Gasteiger partial charge is 0.496 e. The first-order valence-corrected chi connectivity index (χ1v) is 6.42. The van der Waals surface area contributed by atoms with Gasteiger partial charge in [-0.05, 0) is 31.9 Å². The van der Waals surface area contributed by atoms with E-state index in [0.29, 0.717) is 0 Å². The van der Waals surface area contributed by atoms with Gasteiger partial charge in [0.15, 0.2) is 0 Å². The van der Waals surface area contributed by atoms with Crippen LogP contribution >= 0.6 is 0 Å². The van der Waals surface area contributed by atoms with Crippen LogP contribution < -0.4 is 10.5 Å². The molecule has 0 aliphatic carbocycles. The number of methoxy groups -OCH3 is 1. The lowest BCUT2D eigenvalue weighted by atomic mass is 9.98. The highest BCUT2D eigenvalue weighted by Crippen LogP contribution is 2.27. The van der Waals surface area contributed by atoms with Gasteiger partial charge in [-0.15, -0.1) is 0 Å². The molecule has 2 N–H and O–H groups in total. The number of ether oxygens (including phenoxy) is 1. The summed E-state index contributed by atoms with van der Waals surface area (Å²) in [6.45, 7) is 4.10. The monoisotopic (exact) mass is 259 g/mol. The van der Waals surface area contributed by atoms with E-state index < -0.39 is 0 Å². The van der Waals surface area contributed by atoms with Crippen LogP contribution in [0.1, 0.15) is 28.6 Å². The zero-order chi connectivity index (χ0) is 14.0. The van der Waals surface area contributed by atoms with Crippen molar-refractivity contribution in [2.24, 2.45) is 12.8 Å². The molecule has 1 aromatic carbocycles. The predicted octanol–water partition coefficient (Wildman–Crippen LogP) is 2.29. The van der Waals surface area contributed by atoms with Gasteiger partial charge in [0.1, 0.15) is 5.75 Å². The number of hydrogen-bond acceptors (Lipinski definition) is 3. The van der Waals surface area contributed by atoms with Crippen LogP contribution in [0, 0.1) is 13.8 Å². The van der Waals surface area contributed by atoms with Gasteiger partial charge in [0.05, 0.1) is 12.8 Å². The van der Waals surface area contributed by atoms with Crippen molar-refractivity contribution in [2.75, 3.05) is 7.11 Å². The van der Waals surface area contributed by atoms with Crippen molar-refractivity contribution in [3.8, 4) is 5.75 Å². The van der Waals surface area contributed by atoms with Crippen LogP contribution in [0.25, 0.3) is 0 Å². The molecule has 2 rings (SSSR count). The van der Waals surface area contributed by atoms with Gasteiger partial charge in [-0.1, -0.05) is 18.2 Å². The third-order valence-electron chi connectivity index (χ3n) is 3.62. The first kappa shape index (κ1) is 13.6. The van der Waals surface area contributed by atoms with E-state index in [1.165, 1.54) is 11.3 Å². The second kappa shape index (κ2) is 5.45. The molecule has 19 heavy (non-hydrogen) atoms. The molecule has 4 heteroatoms. The number of aryl methyl sites for hydroxylation is 2. The Morgan fingerprint density at radius 1 is 1.32 bits per heavy atom. The Bertz CT molecular complexity index is 575. The van der Waals surface area contributed by atoms with Crippen LogP contribution in [-0.2, 0) is 13.5 Å². The van der Waals surface area contributed by atoms with Gasteiger partial charge in [-0.2, -0.15) is 5.10 Å². The Morgan fingerprint density at radius 2 is 2.00 bits per heavy atom. The van der Waals surface area contributed by atoms with E-state index in [4.69, 9.17) is 10.5 Å². The average molecular weight is 259 g/mol. The molecule has 1 aromatic heterocycles. The Kier molecular flexibility index (Phi) is 3.90. The topological polar surface area (TPSA) is 53.1 Å². The number of benzene rings is 1. The van der Waals surface area contributed by atoms with Crippen molar-refractivity contribution < 1.29 is 4.74 Å². The van der Waals surface area contributed by atoms with E-state index in [2.05, 4.69) is 12.0 Å². The van der Waals surface area contributed by atoms with Crippen molar-refractivity contribution in [1.82, 2.24) is 9.78 Å². The van der Waals surface area contributed by atoms with E-state index in [-0.39, 0.29) is 6.04 Å². The SMILES string of the molecule is COc1ccccc1C(N)Cc1c(C)nn(C)c1C. The minimum Gasteiger partial charge on any atom is -0.496 e. The van der Waals surface area contributed by atoms with Gasteiger partial charge in [0.25, 0.3) is 0 Å². The molecule has 1 unspecified atom stereocenters. The summed E-state index contributed by atoms with van der Waals surface area (Å²) in [5.41, 5.74) is 10.8. The highest BCUT2D eigenvalue weighted by atomic mass is 16.5. The number of aromatic nitrogens is 2. The minimum absolute atomic E-state index is 0.0854. The van der Waals surface area contributed by atoms with E-state index in [1.807, 2.05) is 42.9 Å². The van der Waals surface area contributed by atoms with Crippen LogP contribution in [0.5, 0.6) is 5.75 Å². The Hall–Kier alpha value is -1.81. The number of para-hydroxylation sites is 1. The van der Waals surface area contributed by atoms with E-state index in [0.717, 1.165) is 23.4 Å². The molecule has 0 radical (unpaired) electrons. The number of nitrogens with zero attached hydrogens (tertiary/aromatic N) is 2. The maximum Gasteiger partial charge on any atom is 0.123 e. The zero-order valence-electron chi connectivity index (χ0n) is 12.0. The van der Waals surface area contributed by atoms with E-state index in [1.54, 1.807) is 7.11 Å². The van der Waals surface area contributed by atoms with Gasteiger partial charge in [0.2, 0.25) is 0 Å². The molecule has 0 aliphatic rings. The lowest BCUT2D eigenvalue weighted by Gasteiger charge is -2.15. The molecular formula is C15H21N3O. The molecule has 1 heterocycles. The molecule has 0 aliphatic heterocycles. The fraction of sp³-hybridized carbons (Fsp3) is 0.400. The number of hydrogen-bond donors (Lipinski definition) is 1. The molecule has 0 saturated heterocycles. The van der Waals surface area contributed by atoms with Crippen LogP contribution in [0.3, 0.4) is 0 Å². The Balaban J connectivity index is 2.28. The van der Waals surface area contributed by atoms with Crippen LogP contribution in [0.4, 0.5) is 0 Å². The lowest BCUT2D eigenvalue weighted by Crippen LogP contribution is -2.15. The molecule has 1 atom stereocenters. The minimum atomic E-state index is -0.0854. The summed E-state index contributed by atoms with van der Waals surface area (Å²) in [5.74, 6) is 0.842. The molecule has 0 fully saturated rings. The highest BCUT2D eigenvalue weighted by Gasteiger charge is 2.17. The fourth-order valence-corrected chi connectivity index (χ4v) is 2.42. The smallest absolute Gasteiger partial charge is 0.123 e. The molecule has 0 bridgehead atoms. The van der Waals surface area contributed by atoms with Crippen molar-refractivity contribution in [3.63, 3.8) is 0 Å². The third-order valence-corrected chi connectivity index (χ3v) is 3.62. The summed E-state index contributed by atoms with van der Waals surface area (Å²) in [4.78, 5) is 0. The summed E-state index contributed by atoms with van der Waals surface area (Å²) in [6, 6.07) is 7.82. The number of nitrogens with two attached hydrogens (primary N) is 1. The van der Waals surface area contributed by atoms with Gasteiger partial charge in [0, 0.05) is 24.3 Å².